The van der Waals surface area contributed by atoms with Crippen molar-refractivity contribution in [2.75, 3.05) is 27.3 Å². The second-order valence-electron chi connectivity index (χ2n) is 4.68. The molecular weight excluding hydrogens is 272 g/mol. The van der Waals surface area contributed by atoms with Crippen LogP contribution < -0.4 is 0 Å². The van der Waals surface area contributed by atoms with Crippen molar-refractivity contribution in [3.63, 3.8) is 0 Å². The average Bonchev–Trinajstić information content (AvgIpc) is 2.45. The van der Waals surface area contributed by atoms with Crippen molar-refractivity contribution in [3.8, 4) is 0 Å². The van der Waals surface area contributed by atoms with E-state index in [-0.39, 0.29) is 13.2 Å². The lowest BCUT2D eigenvalue weighted by molar-refractivity contribution is -0.165. The first-order chi connectivity index (χ1) is 10.0. The highest BCUT2D eigenvalue weighted by atomic mass is 16.6. The molecule has 0 saturated carbocycles. The fourth-order valence-electron chi connectivity index (χ4n) is 2.16. The van der Waals surface area contributed by atoms with Gasteiger partial charge in [-0.3, -0.25) is 14.6 Å². The van der Waals surface area contributed by atoms with Gasteiger partial charge < -0.3 is 14.4 Å². The van der Waals surface area contributed by atoms with Gasteiger partial charge in [0.15, 0.2) is 5.92 Å². The number of aromatic nitrogens is 1. The Labute approximate surface area is 125 Å². The van der Waals surface area contributed by atoms with E-state index in [1.807, 2.05) is 6.07 Å². The van der Waals surface area contributed by atoms with Crippen LogP contribution >= 0.6 is 0 Å². The molecule has 0 N–H and O–H groups in total. The molecule has 116 valence electrons. The zero-order valence-corrected chi connectivity index (χ0v) is 12.9. The lowest BCUT2D eigenvalue weighted by Gasteiger charge is -2.29. The standard InChI is InChI=1S/C15H22N2O4/c1-5-20-14(18)12(15(19)21-6-2)13(17(3)4)11-8-7-9-16-10-11/h7-10,12-13H,5-6H2,1-4H3/t13-/m1/s1. The average molecular weight is 294 g/mol. The summed E-state index contributed by atoms with van der Waals surface area (Å²) in [7, 11) is 3.59. The second kappa shape index (κ2) is 8.36. The van der Waals surface area contributed by atoms with Crippen LogP contribution in [0, 0.1) is 5.92 Å². The number of carbonyl (C=O) groups is 2. The van der Waals surface area contributed by atoms with Gasteiger partial charge in [-0.25, -0.2) is 0 Å². The molecule has 1 aromatic heterocycles. The van der Waals surface area contributed by atoms with Crippen LogP contribution in [0.2, 0.25) is 0 Å². The molecule has 21 heavy (non-hydrogen) atoms. The summed E-state index contributed by atoms with van der Waals surface area (Å²) in [5, 5.41) is 0. The smallest absolute Gasteiger partial charge is 0.322 e. The minimum atomic E-state index is -1.04. The number of carbonyl (C=O) groups excluding carboxylic acids is 2. The normalized spacial score (nSPS) is 12.3. The minimum Gasteiger partial charge on any atom is -0.465 e. The van der Waals surface area contributed by atoms with E-state index in [9.17, 15) is 9.59 Å². The van der Waals surface area contributed by atoms with Gasteiger partial charge >= 0.3 is 11.9 Å². The van der Waals surface area contributed by atoms with Gasteiger partial charge in [-0.05, 0) is 39.6 Å². The molecule has 0 spiro atoms. The van der Waals surface area contributed by atoms with E-state index < -0.39 is 23.9 Å². The maximum absolute atomic E-state index is 12.2. The van der Waals surface area contributed by atoms with Crippen LogP contribution in [0.25, 0.3) is 0 Å². The summed E-state index contributed by atoms with van der Waals surface area (Å²) >= 11 is 0. The Kier molecular flexibility index (Phi) is 6.81. The van der Waals surface area contributed by atoms with Crippen molar-refractivity contribution < 1.29 is 19.1 Å². The van der Waals surface area contributed by atoms with E-state index >= 15 is 0 Å². The summed E-state index contributed by atoms with van der Waals surface area (Å²) < 4.78 is 10.1. The highest BCUT2D eigenvalue weighted by Crippen LogP contribution is 2.28. The van der Waals surface area contributed by atoms with Gasteiger partial charge in [0.1, 0.15) is 0 Å². The largest absolute Gasteiger partial charge is 0.465 e. The molecule has 0 saturated heterocycles. The lowest BCUT2D eigenvalue weighted by atomic mass is 9.93. The van der Waals surface area contributed by atoms with Crippen molar-refractivity contribution >= 4 is 11.9 Å². The van der Waals surface area contributed by atoms with E-state index in [4.69, 9.17) is 9.47 Å². The highest BCUT2D eigenvalue weighted by molar-refractivity contribution is 5.96. The molecule has 6 nitrogen and oxygen atoms in total. The van der Waals surface area contributed by atoms with Crippen LogP contribution in [-0.2, 0) is 19.1 Å². The number of ether oxygens (including phenoxy) is 2. The molecule has 1 atom stereocenters. The van der Waals surface area contributed by atoms with E-state index in [1.165, 1.54) is 0 Å². The summed E-state index contributed by atoms with van der Waals surface area (Å²) in [6.07, 6.45) is 3.27. The van der Waals surface area contributed by atoms with Crippen LogP contribution in [0.15, 0.2) is 24.5 Å². The molecule has 0 fully saturated rings. The molecule has 1 heterocycles. The van der Waals surface area contributed by atoms with Gasteiger partial charge in [0.05, 0.1) is 19.3 Å². The van der Waals surface area contributed by atoms with Gasteiger partial charge in [-0.15, -0.1) is 0 Å². The van der Waals surface area contributed by atoms with Crippen molar-refractivity contribution in [1.82, 2.24) is 9.88 Å². The maximum Gasteiger partial charge on any atom is 0.322 e. The molecule has 0 aliphatic rings. The van der Waals surface area contributed by atoms with E-state index in [0.717, 1.165) is 5.56 Å². The molecule has 0 aromatic carbocycles. The number of pyridine rings is 1. The van der Waals surface area contributed by atoms with Crippen LogP contribution in [0.4, 0.5) is 0 Å². The Bertz CT molecular complexity index is 444. The first-order valence-electron chi connectivity index (χ1n) is 6.92. The van der Waals surface area contributed by atoms with Crippen LogP contribution in [-0.4, -0.2) is 49.1 Å². The minimum absolute atomic E-state index is 0.210. The molecular formula is C15H22N2O4. The first-order valence-corrected chi connectivity index (χ1v) is 6.92. The number of hydrogen-bond acceptors (Lipinski definition) is 6. The topological polar surface area (TPSA) is 68.7 Å². The molecule has 6 heteroatoms. The third-order valence-electron chi connectivity index (χ3n) is 2.98. The summed E-state index contributed by atoms with van der Waals surface area (Å²) in [6, 6.07) is 3.10. The summed E-state index contributed by atoms with van der Waals surface area (Å²) in [4.78, 5) is 30.3. The van der Waals surface area contributed by atoms with Gasteiger partial charge in [-0.2, -0.15) is 0 Å². The Hall–Kier alpha value is -1.95. The number of hydrogen-bond donors (Lipinski definition) is 0. The summed E-state index contributed by atoms with van der Waals surface area (Å²) in [5.74, 6) is -2.21. The molecule has 0 aliphatic carbocycles. The van der Waals surface area contributed by atoms with Crippen molar-refractivity contribution in [1.29, 1.82) is 0 Å². The van der Waals surface area contributed by atoms with Gasteiger partial charge in [-0.1, -0.05) is 6.07 Å². The zero-order valence-electron chi connectivity index (χ0n) is 12.9. The Morgan fingerprint density at radius 2 is 1.76 bits per heavy atom. The molecule has 0 bridgehead atoms. The van der Waals surface area contributed by atoms with Gasteiger partial charge in [0.25, 0.3) is 0 Å². The Morgan fingerprint density at radius 1 is 1.19 bits per heavy atom. The van der Waals surface area contributed by atoms with E-state index in [1.54, 1.807) is 51.3 Å². The van der Waals surface area contributed by atoms with E-state index in [0.29, 0.717) is 0 Å². The monoisotopic (exact) mass is 294 g/mol. The molecule has 0 aliphatic heterocycles. The highest BCUT2D eigenvalue weighted by Gasteiger charge is 2.39. The number of esters is 2. The summed E-state index contributed by atoms with van der Waals surface area (Å²) in [6.45, 7) is 3.83. The molecule has 0 amide bonds. The van der Waals surface area contributed by atoms with Crippen LogP contribution in [0.5, 0.6) is 0 Å². The second-order valence-corrected chi connectivity index (χ2v) is 4.68. The lowest BCUT2D eigenvalue weighted by Crippen LogP contribution is -2.39. The third kappa shape index (κ3) is 4.53. The summed E-state index contributed by atoms with van der Waals surface area (Å²) in [5.41, 5.74) is 0.758. The Morgan fingerprint density at radius 3 is 2.14 bits per heavy atom. The molecule has 1 aromatic rings. The van der Waals surface area contributed by atoms with E-state index in [2.05, 4.69) is 4.98 Å². The SMILES string of the molecule is CCOC(=O)C(C(=O)OCC)[C@@H](c1cccnc1)N(C)C. The van der Waals surface area contributed by atoms with Crippen LogP contribution in [0.1, 0.15) is 25.5 Å². The third-order valence-corrected chi connectivity index (χ3v) is 2.98. The maximum atomic E-state index is 12.2. The fraction of sp³-hybridized carbons (Fsp3) is 0.533. The van der Waals surface area contributed by atoms with Crippen molar-refractivity contribution in [3.05, 3.63) is 30.1 Å². The zero-order chi connectivity index (χ0) is 15.8. The molecule has 1 rings (SSSR count). The predicted molar refractivity (Wildman–Crippen MR) is 77.4 cm³/mol. The predicted octanol–water partition coefficient (Wildman–Crippen LogP) is 1.43. The van der Waals surface area contributed by atoms with Gasteiger partial charge in [0.2, 0.25) is 0 Å². The van der Waals surface area contributed by atoms with Crippen molar-refractivity contribution in [2.45, 2.75) is 19.9 Å². The Balaban J connectivity index is 3.18. The number of rotatable bonds is 7. The quantitative estimate of drug-likeness (QED) is 0.560. The van der Waals surface area contributed by atoms with Gasteiger partial charge in [0, 0.05) is 12.4 Å². The molecule has 0 unspecified atom stereocenters. The van der Waals surface area contributed by atoms with Crippen LogP contribution in [0.3, 0.4) is 0 Å². The molecule has 0 radical (unpaired) electrons. The first kappa shape index (κ1) is 17.1. The van der Waals surface area contributed by atoms with Crippen molar-refractivity contribution in [2.24, 2.45) is 5.92 Å². The number of nitrogens with zero attached hydrogens (tertiary/aromatic N) is 2. The fourth-order valence-corrected chi connectivity index (χ4v) is 2.16.